The van der Waals surface area contributed by atoms with Gasteiger partial charge in [0.05, 0.1) is 19.2 Å². The van der Waals surface area contributed by atoms with E-state index in [0.717, 1.165) is 6.07 Å². The fourth-order valence-corrected chi connectivity index (χ4v) is 3.33. The van der Waals surface area contributed by atoms with Gasteiger partial charge in [-0.15, -0.1) is 0 Å². The van der Waals surface area contributed by atoms with Gasteiger partial charge in [0.1, 0.15) is 5.82 Å². The molecule has 1 fully saturated rings. The number of rotatable bonds is 3. The Hall–Kier alpha value is -3.17. The zero-order valence-electron chi connectivity index (χ0n) is 14.0. The van der Waals surface area contributed by atoms with Crippen LogP contribution in [0.15, 0.2) is 12.1 Å². The van der Waals surface area contributed by atoms with Gasteiger partial charge in [-0.1, -0.05) is 0 Å². The van der Waals surface area contributed by atoms with Crippen LogP contribution in [0.5, 0.6) is 0 Å². The molecule has 0 unspecified atom stereocenters. The van der Waals surface area contributed by atoms with Crippen LogP contribution in [-0.2, 0) is 24.7 Å². The van der Waals surface area contributed by atoms with Crippen LogP contribution >= 0.6 is 0 Å². The minimum atomic E-state index is -1.70. The molecule has 1 saturated heterocycles. The van der Waals surface area contributed by atoms with Gasteiger partial charge in [0.2, 0.25) is 5.60 Å². The summed E-state index contributed by atoms with van der Waals surface area (Å²) in [6.07, 6.45) is -1.06. The van der Waals surface area contributed by atoms with Crippen molar-refractivity contribution in [2.75, 3.05) is 19.5 Å². The van der Waals surface area contributed by atoms with Crippen LogP contribution in [0.25, 0.3) is 0 Å². The summed E-state index contributed by atoms with van der Waals surface area (Å²) in [7, 11) is 2.59. The fourth-order valence-electron chi connectivity index (χ4n) is 3.33. The molecule has 1 aliphatic heterocycles. The first-order valence-corrected chi connectivity index (χ1v) is 7.74. The van der Waals surface area contributed by atoms with E-state index in [4.69, 9.17) is 4.74 Å². The van der Waals surface area contributed by atoms with Crippen molar-refractivity contribution in [1.82, 2.24) is 10.6 Å². The van der Waals surface area contributed by atoms with E-state index in [0.29, 0.717) is 5.56 Å². The number of benzene rings is 1. The number of imide groups is 1. The summed E-state index contributed by atoms with van der Waals surface area (Å²) in [6, 6.07) is 1.74. The normalized spacial score (nSPS) is 23.3. The second-order valence-electron chi connectivity index (χ2n) is 5.98. The highest BCUT2D eigenvalue weighted by atomic mass is 19.1. The molecule has 0 aromatic heterocycles. The van der Waals surface area contributed by atoms with Gasteiger partial charge in [-0.25, -0.2) is 14.0 Å². The summed E-state index contributed by atoms with van der Waals surface area (Å²) < 4.78 is 24.3. The highest BCUT2D eigenvalue weighted by Crippen LogP contribution is 2.51. The highest BCUT2D eigenvalue weighted by Gasteiger charge is 2.57. The van der Waals surface area contributed by atoms with E-state index in [1.807, 2.05) is 5.32 Å². The number of ether oxygens (including phenoxy) is 2. The van der Waals surface area contributed by atoms with E-state index in [1.165, 1.54) is 20.2 Å². The van der Waals surface area contributed by atoms with E-state index in [1.54, 1.807) is 0 Å². The Bertz CT molecular complexity index is 826. The monoisotopic (exact) mass is 365 g/mol. The molecule has 3 rings (SSSR count). The third-order valence-corrected chi connectivity index (χ3v) is 4.51. The van der Waals surface area contributed by atoms with Gasteiger partial charge in [-0.05, 0) is 23.6 Å². The van der Waals surface area contributed by atoms with Crippen LogP contribution in [0.3, 0.4) is 0 Å². The van der Waals surface area contributed by atoms with Gasteiger partial charge in [0.15, 0.2) is 0 Å². The minimum absolute atomic E-state index is 0.0299. The number of fused-ring (bicyclic) bond motifs is 2. The van der Waals surface area contributed by atoms with Crippen molar-refractivity contribution < 1.29 is 33.0 Å². The van der Waals surface area contributed by atoms with Gasteiger partial charge in [-0.3, -0.25) is 14.9 Å². The predicted octanol–water partition coefficient (Wildman–Crippen LogP) is 1.09. The second-order valence-corrected chi connectivity index (χ2v) is 5.98. The molecule has 26 heavy (non-hydrogen) atoms. The highest BCUT2D eigenvalue weighted by molar-refractivity contribution is 6.04. The van der Waals surface area contributed by atoms with Crippen LogP contribution in [0, 0.1) is 5.82 Å². The fraction of sp³-hybridized carbons (Fsp3) is 0.375. The molecule has 0 saturated carbocycles. The largest absolute Gasteiger partial charge is 0.469 e. The lowest BCUT2D eigenvalue weighted by molar-refractivity contribution is -0.142. The van der Waals surface area contributed by atoms with Gasteiger partial charge >= 0.3 is 18.1 Å². The van der Waals surface area contributed by atoms with Crippen molar-refractivity contribution in [3.63, 3.8) is 0 Å². The number of esters is 1. The SMILES string of the molecule is CNC(=O)Nc1cc2c(cc1F)[C@]1(C[C@H]2CC(=O)OC)OC(=O)NC1=O. The maximum atomic E-state index is 14.5. The van der Waals surface area contributed by atoms with E-state index >= 15 is 0 Å². The quantitative estimate of drug-likeness (QED) is 0.689. The molecule has 1 spiro atoms. The van der Waals surface area contributed by atoms with Crippen LogP contribution in [0.1, 0.15) is 29.9 Å². The van der Waals surface area contributed by atoms with E-state index in [2.05, 4.69) is 15.4 Å². The molecule has 9 nitrogen and oxygen atoms in total. The molecule has 3 N–H and O–H groups in total. The topological polar surface area (TPSA) is 123 Å². The molecule has 10 heteroatoms. The molecule has 2 aliphatic rings. The number of nitrogens with one attached hydrogen (secondary N) is 3. The van der Waals surface area contributed by atoms with Crippen molar-refractivity contribution in [3.05, 3.63) is 29.1 Å². The molecule has 1 heterocycles. The molecular formula is C16H16FN3O6. The number of carbonyl (C=O) groups is 4. The summed E-state index contributed by atoms with van der Waals surface area (Å²) in [5, 5.41) is 6.66. The lowest BCUT2D eigenvalue weighted by atomic mass is 9.94. The Balaban J connectivity index is 2.09. The number of anilines is 1. The molecule has 138 valence electrons. The average molecular weight is 365 g/mol. The average Bonchev–Trinajstić information content (AvgIpc) is 3.04. The van der Waals surface area contributed by atoms with Gasteiger partial charge in [-0.2, -0.15) is 0 Å². The molecular weight excluding hydrogens is 349 g/mol. The zero-order chi connectivity index (χ0) is 19.1. The van der Waals surface area contributed by atoms with Crippen molar-refractivity contribution in [1.29, 1.82) is 0 Å². The van der Waals surface area contributed by atoms with Crippen molar-refractivity contribution in [3.8, 4) is 0 Å². The lowest BCUT2D eigenvalue weighted by Crippen LogP contribution is -2.34. The van der Waals surface area contributed by atoms with Crippen molar-refractivity contribution >= 4 is 29.7 Å². The standard InChI is InChI=1S/C16H16FN3O6/c1-18-14(23)19-11-4-8-7(3-12(21)25-2)6-16(9(8)5-10(11)17)13(22)20-15(24)26-16/h4-5,7H,3,6H2,1-2H3,(H2,18,19,23)(H,20,22,24)/t7-,16+/m1/s1. The molecule has 0 radical (unpaired) electrons. The van der Waals surface area contributed by atoms with Crippen LogP contribution < -0.4 is 16.0 Å². The molecule has 1 aromatic rings. The van der Waals surface area contributed by atoms with E-state index in [-0.39, 0.29) is 24.1 Å². The predicted molar refractivity (Wildman–Crippen MR) is 84.8 cm³/mol. The maximum absolute atomic E-state index is 14.5. The molecule has 1 aliphatic carbocycles. The summed E-state index contributed by atoms with van der Waals surface area (Å²) in [4.78, 5) is 47.1. The van der Waals surface area contributed by atoms with E-state index < -0.39 is 41.3 Å². The number of methoxy groups -OCH3 is 1. The first-order chi connectivity index (χ1) is 12.3. The zero-order valence-corrected chi connectivity index (χ0v) is 14.0. The van der Waals surface area contributed by atoms with Crippen molar-refractivity contribution in [2.45, 2.75) is 24.4 Å². The van der Waals surface area contributed by atoms with Crippen molar-refractivity contribution in [2.24, 2.45) is 0 Å². The Morgan fingerprint density at radius 2 is 2.15 bits per heavy atom. The summed E-state index contributed by atoms with van der Waals surface area (Å²) in [5.41, 5.74) is -1.25. The Morgan fingerprint density at radius 1 is 1.42 bits per heavy atom. The summed E-state index contributed by atoms with van der Waals surface area (Å²) in [5.74, 6) is -2.61. The summed E-state index contributed by atoms with van der Waals surface area (Å²) in [6.45, 7) is 0. The first kappa shape index (κ1) is 17.6. The number of urea groups is 1. The second kappa shape index (κ2) is 6.28. The van der Waals surface area contributed by atoms with Gasteiger partial charge < -0.3 is 20.1 Å². The number of halogens is 1. The van der Waals surface area contributed by atoms with E-state index in [9.17, 15) is 23.6 Å². The molecule has 1 aromatic carbocycles. The maximum Gasteiger partial charge on any atom is 0.415 e. The minimum Gasteiger partial charge on any atom is -0.469 e. The Morgan fingerprint density at radius 3 is 2.73 bits per heavy atom. The van der Waals surface area contributed by atoms with Gasteiger partial charge in [0.25, 0.3) is 5.91 Å². The Labute approximate surface area is 147 Å². The number of hydrogen-bond donors (Lipinski definition) is 3. The van der Waals surface area contributed by atoms with Gasteiger partial charge in [0, 0.05) is 19.0 Å². The molecule has 0 bridgehead atoms. The van der Waals surface area contributed by atoms with Crippen LogP contribution in [0.4, 0.5) is 19.7 Å². The molecule has 4 amide bonds. The number of alkyl carbamates (subject to hydrolysis) is 1. The Kier molecular flexibility index (Phi) is 4.26. The molecule has 2 atom stereocenters. The smallest absolute Gasteiger partial charge is 0.415 e. The number of carbonyl (C=O) groups excluding carboxylic acids is 4. The lowest BCUT2D eigenvalue weighted by Gasteiger charge is -2.20. The number of amides is 4. The number of hydrogen-bond acceptors (Lipinski definition) is 6. The first-order valence-electron chi connectivity index (χ1n) is 7.74. The third kappa shape index (κ3) is 2.72. The van der Waals surface area contributed by atoms with Crippen LogP contribution in [-0.4, -0.2) is 38.2 Å². The summed E-state index contributed by atoms with van der Waals surface area (Å²) >= 11 is 0. The third-order valence-electron chi connectivity index (χ3n) is 4.51. The van der Waals surface area contributed by atoms with Crippen LogP contribution in [0.2, 0.25) is 0 Å².